The van der Waals surface area contributed by atoms with Crippen molar-refractivity contribution in [2.45, 2.75) is 132 Å². The lowest BCUT2D eigenvalue weighted by atomic mass is 9.89. The van der Waals surface area contributed by atoms with Crippen LogP contribution in [-0.4, -0.2) is 154 Å². The molecule has 21 heteroatoms. The summed E-state index contributed by atoms with van der Waals surface area (Å²) in [6, 6.07) is 48.5. The van der Waals surface area contributed by atoms with Crippen molar-refractivity contribution in [3.05, 3.63) is 246 Å². The van der Waals surface area contributed by atoms with Crippen molar-refractivity contribution in [2.24, 2.45) is 0 Å². The smallest absolute Gasteiger partial charge is 0.123 e. The molecule has 3 saturated heterocycles. The zero-order valence-electron chi connectivity index (χ0n) is 50.9. The summed E-state index contributed by atoms with van der Waals surface area (Å²) in [5, 5.41) is 120. The van der Waals surface area contributed by atoms with Crippen LogP contribution in [0.4, 0.5) is 13.2 Å². The number of aliphatic hydroxyl groups is 12. The van der Waals surface area contributed by atoms with Crippen LogP contribution in [0, 0.1) is 38.2 Å². The van der Waals surface area contributed by atoms with E-state index in [1.54, 1.807) is 70.4 Å². The van der Waals surface area contributed by atoms with Crippen molar-refractivity contribution in [1.82, 2.24) is 0 Å². The second kappa shape index (κ2) is 31.0. The maximum Gasteiger partial charge on any atom is 0.123 e. The number of hydrogen-bond donors (Lipinski definition) is 12. The highest BCUT2D eigenvalue weighted by Crippen LogP contribution is 2.39. The third-order valence-corrected chi connectivity index (χ3v) is 20.7. The second-order valence-corrected chi connectivity index (χ2v) is 27.2. The van der Waals surface area contributed by atoms with Gasteiger partial charge in [-0.25, -0.2) is 13.2 Å². The van der Waals surface area contributed by atoms with Crippen LogP contribution in [0.3, 0.4) is 0 Å². The summed E-state index contributed by atoms with van der Waals surface area (Å²) < 4.78 is 56.6. The minimum Gasteiger partial charge on any atom is -0.394 e. The normalized spacial score (nSPS) is 26.2. The molecule has 9 aromatic rings. The molecule has 0 spiro atoms. The maximum atomic E-state index is 13.2. The fraction of sp³-hybridized carbons (Fsp3) is 0.333. The predicted octanol–water partition coefficient (Wildman–Crippen LogP) is 8.90. The first-order valence-corrected chi connectivity index (χ1v) is 32.8. The Morgan fingerprint density at radius 1 is 0.312 bits per heavy atom. The van der Waals surface area contributed by atoms with Gasteiger partial charge in [-0.1, -0.05) is 91.0 Å². The van der Waals surface area contributed by atoms with Crippen LogP contribution < -0.4 is 0 Å². The Bertz CT molecular complexity index is 3500. The molecule has 6 heterocycles. The third kappa shape index (κ3) is 16.3. The van der Waals surface area contributed by atoms with E-state index in [9.17, 15) is 74.4 Å². The number of aryl methyl sites for hydroxylation is 3. The van der Waals surface area contributed by atoms with Gasteiger partial charge in [0.2, 0.25) is 0 Å². The topological polar surface area (TPSA) is 270 Å². The van der Waals surface area contributed by atoms with E-state index in [-0.39, 0.29) is 17.5 Å². The molecule has 0 amide bonds. The van der Waals surface area contributed by atoms with Gasteiger partial charge in [0.05, 0.1) is 19.8 Å². The summed E-state index contributed by atoms with van der Waals surface area (Å²) in [6.45, 7) is 4.63. The monoisotopic (exact) mass is 1330 g/mol. The average Bonchev–Trinajstić information content (AvgIpc) is 1.37. The van der Waals surface area contributed by atoms with Gasteiger partial charge in [-0.15, -0.1) is 34.0 Å². The Balaban J connectivity index is 0.000000153. The van der Waals surface area contributed by atoms with Crippen LogP contribution in [0.5, 0.6) is 0 Å². The molecule has 3 fully saturated rings. The van der Waals surface area contributed by atoms with Crippen molar-refractivity contribution in [3.63, 3.8) is 0 Å². The van der Waals surface area contributed by atoms with Crippen LogP contribution in [0.15, 0.2) is 164 Å². The molecule has 0 unspecified atom stereocenters. The number of ether oxygens (including phenoxy) is 3. The Morgan fingerprint density at radius 3 is 0.796 bits per heavy atom. The molecular formula is C72H75F3O15S3. The lowest BCUT2D eigenvalue weighted by Gasteiger charge is -2.40. The summed E-state index contributed by atoms with van der Waals surface area (Å²) in [7, 11) is 0. The van der Waals surface area contributed by atoms with Crippen LogP contribution in [0.25, 0.3) is 31.3 Å². The molecule has 93 heavy (non-hydrogen) atoms. The summed E-state index contributed by atoms with van der Waals surface area (Å²) in [4.78, 5) is 6.56. The number of benzene rings is 6. The van der Waals surface area contributed by atoms with Crippen LogP contribution in [0.1, 0.15) is 83.0 Å². The van der Waals surface area contributed by atoms with Gasteiger partial charge in [0, 0.05) is 48.5 Å². The summed E-state index contributed by atoms with van der Waals surface area (Å²) in [5.74, 6) is -0.788. The minimum absolute atomic E-state index is 0.263. The van der Waals surface area contributed by atoms with E-state index < -0.39 is 111 Å². The van der Waals surface area contributed by atoms with Crippen molar-refractivity contribution >= 4 is 34.0 Å². The highest BCUT2D eigenvalue weighted by atomic mass is 32.1. The van der Waals surface area contributed by atoms with E-state index >= 15 is 0 Å². The molecule has 492 valence electrons. The highest BCUT2D eigenvalue weighted by molar-refractivity contribution is 7.16. The van der Waals surface area contributed by atoms with E-state index in [1.807, 2.05) is 112 Å². The van der Waals surface area contributed by atoms with Gasteiger partial charge >= 0.3 is 0 Å². The van der Waals surface area contributed by atoms with Crippen molar-refractivity contribution in [2.75, 3.05) is 19.8 Å². The number of rotatable bonds is 15. The highest BCUT2D eigenvalue weighted by Gasteiger charge is 2.46. The third-order valence-electron chi connectivity index (χ3n) is 17.2. The molecule has 0 aliphatic carbocycles. The van der Waals surface area contributed by atoms with Crippen LogP contribution in [-0.2, 0) is 33.5 Å². The van der Waals surface area contributed by atoms with Gasteiger partial charge < -0.3 is 75.5 Å². The Kier molecular flexibility index (Phi) is 23.1. The zero-order chi connectivity index (χ0) is 66.4. The van der Waals surface area contributed by atoms with Gasteiger partial charge in [0.15, 0.2) is 0 Å². The van der Waals surface area contributed by atoms with Crippen molar-refractivity contribution < 1.29 is 88.7 Å². The predicted molar refractivity (Wildman–Crippen MR) is 349 cm³/mol. The Hall–Kier alpha value is -6.39. The quantitative estimate of drug-likeness (QED) is 0.0457. The van der Waals surface area contributed by atoms with E-state index in [0.29, 0.717) is 36.0 Å². The first kappa shape index (κ1) is 69.4. The fourth-order valence-electron chi connectivity index (χ4n) is 11.6. The van der Waals surface area contributed by atoms with Crippen LogP contribution >= 0.6 is 34.0 Å². The minimum atomic E-state index is -1.41. The molecule has 12 rings (SSSR count). The van der Waals surface area contributed by atoms with E-state index in [2.05, 4.69) is 0 Å². The fourth-order valence-corrected chi connectivity index (χ4v) is 14.7. The molecule has 15 nitrogen and oxygen atoms in total. The van der Waals surface area contributed by atoms with E-state index in [0.717, 1.165) is 79.3 Å². The number of aliphatic hydroxyl groups excluding tert-OH is 12. The lowest BCUT2D eigenvalue weighted by molar-refractivity contribution is -0.231. The molecular weight excluding hydrogens is 1260 g/mol. The molecule has 3 aliphatic heterocycles. The molecule has 6 aromatic carbocycles. The van der Waals surface area contributed by atoms with E-state index in [4.69, 9.17) is 14.2 Å². The number of hydrogen-bond acceptors (Lipinski definition) is 18. The first-order chi connectivity index (χ1) is 44.6. The van der Waals surface area contributed by atoms with Crippen LogP contribution in [0.2, 0.25) is 0 Å². The second-order valence-electron chi connectivity index (χ2n) is 23.7. The molecule has 15 atom stereocenters. The summed E-state index contributed by atoms with van der Waals surface area (Å²) >= 11 is 4.90. The average molecular weight is 1330 g/mol. The van der Waals surface area contributed by atoms with Gasteiger partial charge in [-0.3, -0.25) is 0 Å². The zero-order valence-corrected chi connectivity index (χ0v) is 53.4. The van der Waals surface area contributed by atoms with Gasteiger partial charge in [0.25, 0.3) is 0 Å². The molecule has 3 aliphatic rings. The van der Waals surface area contributed by atoms with E-state index in [1.165, 1.54) is 36.4 Å². The largest absolute Gasteiger partial charge is 0.394 e. The summed E-state index contributed by atoms with van der Waals surface area (Å²) in [6.07, 6.45) is -15.6. The number of halogens is 3. The standard InChI is InChI=1S/3C24H25FO5S/c3*1-13-2-3-15(24-23(29)22(28)21(27)19(12-26)30-24)10-16(13)11-18-8-9-20(31-18)14-4-6-17(25)7-5-14/h3*2-10,19,21-24,26-29H,11-12H2,1H3/t3*19-,21-,22+,23-,24+/m111/s1. The summed E-state index contributed by atoms with van der Waals surface area (Å²) in [5.41, 5.74) is 11.3. The SMILES string of the molecule is Cc1ccc([C@@H]2O[C@H](CO)[C@@H](O)[C@H](O)[C@H]2O)cc1Cc1ccc(-c2ccc(F)cc2)s1.Cc1ccc([C@@H]2O[C@H](CO)[C@@H](O)[C@H](O)[C@H]2O)cc1Cc1ccc(-c2ccc(F)cc2)s1.Cc1ccc([C@@H]2O[C@H](CO)[C@@H](O)[C@H](O)[C@H]2O)cc1Cc1ccc(-c2ccc(F)cc2)s1. The molecule has 0 bridgehead atoms. The Labute approximate surface area is 548 Å². The maximum absolute atomic E-state index is 13.2. The lowest BCUT2D eigenvalue weighted by Crippen LogP contribution is -2.55. The molecule has 12 N–H and O–H groups in total. The Morgan fingerprint density at radius 2 is 0.559 bits per heavy atom. The molecule has 3 aromatic heterocycles. The van der Waals surface area contributed by atoms with Crippen molar-refractivity contribution in [3.8, 4) is 31.3 Å². The van der Waals surface area contributed by atoms with Gasteiger partial charge in [-0.05, 0) is 160 Å². The molecule has 0 saturated carbocycles. The molecule has 0 radical (unpaired) electrons. The van der Waals surface area contributed by atoms with Gasteiger partial charge in [-0.2, -0.15) is 0 Å². The number of thiophene rings is 3. The van der Waals surface area contributed by atoms with Gasteiger partial charge in [0.1, 0.15) is 109 Å². The van der Waals surface area contributed by atoms with Crippen molar-refractivity contribution in [1.29, 1.82) is 0 Å². The first-order valence-electron chi connectivity index (χ1n) is 30.4.